The molecule has 1 aromatic rings. The maximum absolute atomic E-state index is 10.7. The minimum absolute atomic E-state index is 0.0133. The minimum atomic E-state index is -0.440. The van der Waals surface area contributed by atoms with Gasteiger partial charge in [-0.05, 0) is 18.9 Å². The van der Waals surface area contributed by atoms with Crippen molar-refractivity contribution in [3.63, 3.8) is 0 Å². The molecule has 0 aromatic heterocycles. The van der Waals surface area contributed by atoms with Crippen molar-refractivity contribution in [2.75, 3.05) is 0 Å². The number of nitrogens with zero attached hydrogens (tertiary/aromatic N) is 2. The molecule has 2 rings (SSSR count). The smallest absolute Gasteiger partial charge is 0.280 e. The molecular weight excluding hydrogens is 194 g/mol. The quantitative estimate of drug-likeness (QED) is 0.351. The SMILES string of the molecule is NC(=NC1CC1)c1ccccc1[N+](=O)[O-]. The van der Waals surface area contributed by atoms with E-state index in [1.807, 2.05) is 0 Å². The lowest BCUT2D eigenvalue weighted by Crippen LogP contribution is -2.16. The van der Waals surface area contributed by atoms with Gasteiger partial charge in [-0.1, -0.05) is 12.1 Å². The second-order valence-corrected chi connectivity index (χ2v) is 3.52. The average molecular weight is 205 g/mol. The van der Waals surface area contributed by atoms with E-state index in [2.05, 4.69) is 4.99 Å². The average Bonchev–Trinajstić information content (AvgIpc) is 3.01. The van der Waals surface area contributed by atoms with Crippen LogP contribution in [0.2, 0.25) is 0 Å². The molecule has 1 saturated carbocycles. The van der Waals surface area contributed by atoms with Gasteiger partial charge in [0, 0.05) is 6.07 Å². The van der Waals surface area contributed by atoms with E-state index in [-0.39, 0.29) is 17.6 Å². The van der Waals surface area contributed by atoms with Crippen molar-refractivity contribution in [2.24, 2.45) is 10.7 Å². The summed E-state index contributed by atoms with van der Waals surface area (Å²) in [7, 11) is 0. The number of aliphatic imine (C=N–C) groups is 1. The Morgan fingerprint density at radius 3 is 2.73 bits per heavy atom. The number of amidine groups is 1. The molecule has 0 radical (unpaired) electrons. The number of nitrogens with two attached hydrogens (primary N) is 1. The number of hydrogen-bond acceptors (Lipinski definition) is 3. The van der Waals surface area contributed by atoms with Crippen LogP contribution in [-0.2, 0) is 0 Å². The highest BCUT2D eigenvalue weighted by atomic mass is 16.6. The summed E-state index contributed by atoms with van der Waals surface area (Å²) < 4.78 is 0. The van der Waals surface area contributed by atoms with Gasteiger partial charge in [-0.15, -0.1) is 0 Å². The number of rotatable bonds is 3. The molecule has 0 unspecified atom stereocenters. The molecule has 0 bridgehead atoms. The molecule has 15 heavy (non-hydrogen) atoms. The van der Waals surface area contributed by atoms with Crippen LogP contribution in [0.4, 0.5) is 5.69 Å². The number of nitro benzene ring substituents is 1. The Morgan fingerprint density at radius 2 is 2.13 bits per heavy atom. The normalized spacial score (nSPS) is 16.4. The Morgan fingerprint density at radius 1 is 1.47 bits per heavy atom. The Kier molecular flexibility index (Phi) is 2.37. The third-order valence-corrected chi connectivity index (χ3v) is 2.25. The number of nitro groups is 1. The van der Waals surface area contributed by atoms with Crippen molar-refractivity contribution >= 4 is 11.5 Å². The summed E-state index contributed by atoms with van der Waals surface area (Å²) >= 11 is 0. The van der Waals surface area contributed by atoms with E-state index in [1.54, 1.807) is 18.2 Å². The molecule has 0 saturated heterocycles. The highest BCUT2D eigenvalue weighted by Crippen LogP contribution is 2.25. The van der Waals surface area contributed by atoms with E-state index in [4.69, 9.17) is 5.73 Å². The first-order valence-electron chi connectivity index (χ1n) is 4.75. The van der Waals surface area contributed by atoms with Gasteiger partial charge in [-0.3, -0.25) is 15.1 Å². The highest BCUT2D eigenvalue weighted by molar-refractivity contribution is 6.01. The van der Waals surface area contributed by atoms with E-state index in [0.717, 1.165) is 12.8 Å². The van der Waals surface area contributed by atoms with Crippen LogP contribution in [0.25, 0.3) is 0 Å². The molecule has 5 nitrogen and oxygen atoms in total. The molecule has 1 fully saturated rings. The predicted molar refractivity (Wildman–Crippen MR) is 56.8 cm³/mol. The van der Waals surface area contributed by atoms with Gasteiger partial charge < -0.3 is 5.73 Å². The minimum Gasteiger partial charge on any atom is -0.383 e. The third-order valence-electron chi connectivity index (χ3n) is 2.25. The van der Waals surface area contributed by atoms with Crippen LogP contribution in [-0.4, -0.2) is 16.8 Å². The van der Waals surface area contributed by atoms with Crippen LogP contribution in [0.1, 0.15) is 18.4 Å². The van der Waals surface area contributed by atoms with E-state index in [0.29, 0.717) is 5.56 Å². The lowest BCUT2D eigenvalue weighted by molar-refractivity contribution is -0.385. The zero-order chi connectivity index (χ0) is 10.8. The molecule has 1 aliphatic carbocycles. The maximum atomic E-state index is 10.7. The van der Waals surface area contributed by atoms with Crippen LogP contribution < -0.4 is 5.73 Å². The summed E-state index contributed by atoms with van der Waals surface area (Å²) in [6.45, 7) is 0. The first kappa shape index (κ1) is 9.64. The topological polar surface area (TPSA) is 81.5 Å². The van der Waals surface area contributed by atoms with Crippen molar-refractivity contribution in [3.8, 4) is 0 Å². The van der Waals surface area contributed by atoms with Crippen molar-refractivity contribution in [1.82, 2.24) is 0 Å². The second kappa shape index (κ2) is 3.68. The molecule has 0 aliphatic heterocycles. The van der Waals surface area contributed by atoms with Crippen molar-refractivity contribution < 1.29 is 4.92 Å². The fourth-order valence-electron chi connectivity index (χ4n) is 1.32. The number of benzene rings is 1. The number of para-hydroxylation sites is 1. The molecular formula is C10H11N3O2. The summed E-state index contributed by atoms with van der Waals surface area (Å²) in [5.41, 5.74) is 6.14. The van der Waals surface area contributed by atoms with Crippen molar-refractivity contribution in [2.45, 2.75) is 18.9 Å². The van der Waals surface area contributed by atoms with Gasteiger partial charge >= 0.3 is 0 Å². The lowest BCUT2D eigenvalue weighted by Gasteiger charge is -2.01. The third kappa shape index (κ3) is 2.12. The summed E-state index contributed by atoms with van der Waals surface area (Å²) in [4.78, 5) is 14.5. The highest BCUT2D eigenvalue weighted by Gasteiger charge is 2.22. The van der Waals surface area contributed by atoms with Gasteiger partial charge in [0.1, 0.15) is 5.84 Å². The molecule has 78 valence electrons. The van der Waals surface area contributed by atoms with Crippen LogP contribution >= 0.6 is 0 Å². The first-order chi connectivity index (χ1) is 7.18. The fraction of sp³-hybridized carbons (Fsp3) is 0.300. The zero-order valence-electron chi connectivity index (χ0n) is 8.09. The van der Waals surface area contributed by atoms with E-state index < -0.39 is 4.92 Å². The Balaban J connectivity index is 2.37. The Labute approximate surface area is 86.8 Å². The van der Waals surface area contributed by atoms with Crippen LogP contribution in [0.3, 0.4) is 0 Å². The van der Waals surface area contributed by atoms with Gasteiger partial charge in [0.25, 0.3) is 5.69 Å². The second-order valence-electron chi connectivity index (χ2n) is 3.52. The van der Waals surface area contributed by atoms with Crippen LogP contribution in [0, 0.1) is 10.1 Å². The molecule has 1 aliphatic rings. The summed E-state index contributed by atoms with van der Waals surface area (Å²) in [5, 5.41) is 10.7. The molecule has 0 amide bonds. The van der Waals surface area contributed by atoms with Gasteiger partial charge in [-0.25, -0.2) is 0 Å². The molecule has 1 aromatic carbocycles. The van der Waals surface area contributed by atoms with Crippen LogP contribution in [0.15, 0.2) is 29.3 Å². The zero-order valence-corrected chi connectivity index (χ0v) is 8.09. The Bertz CT molecular complexity index is 424. The van der Waals surface area contributed by atoms with E-state index >= 15 is 0 Å². The van der Waals surface area contributed by atoms with E-state index in [9.17, 15) is 10.1 Å². The summed E-state index contributed by atoms with van der Waals surface area (Å²) in [6, 6.07) is 6.66. The van der Waals surface area contributed by atoms with Gasteiger partial charge in [0.05, 0.1) is 16.5 Å². The lowest BCUT2D eigenvalue weighted by atomic mass is 10.1. The predicted octanol–water partition coefficient (Wildman–Crippen LogP) is 1.46. The monoisotopic (exact) mass is 205 g/mol. The Hall–Kier alpha value is -1.91. The molecule has 0 spiro atoms. The van der Waals surface area contributed by atoms with Gasteiger partial charge in [0.15, 0.2) is 0 Å². The van der Waals surface area contributed by atoms with Gasteiger partial charge in [0.2, 0.25) is 0 Å². The molecule has 5 heteroatoms. The molecule has 0 heterocycles. The van der Waals surface area contributed by atoms with Crippen molar-refractivity contribution in [3.05, 3.63) is 39.9 Å². The fourth-order valence-corrected chi connectivity index (χ4v) is 1.32. The van der Waals surface area contributed by atoms with Gasteiger partial charge in [-0.2, -0.15) is 0 Å². The maximum Gasteiger partial charge on any atom is 0.280 e. The summed E-state index contributed by atoms with van der Waals surface area (Å²) in [5.74, 6) is 0.268. The standard InChI is InChI=1S/C10H11N3O2/c11-10(12-7-5-6-7)8-3-1-2-4-9(8)13(14)15/h1-4,7H,5-6H2,(H2,11,12). The first-order valence-corrected chi connectivity index (χ1v) is 4.75. The molecule has 2 N–H and O–H groups in total. The van der Waals surface area contributed by atoms with Crippen molar-refractivity contribution in [1.29, 1.82) is 0 Å². The number of hydrogen-bond donors (Lipinski definition) is 1. The van der Waals surface area contributed by atoms with E-state index in [1.165, 1.54) is 6.07 Å². The largest absolute Gasteiger partial charge is 0.383 e. The summed E-state index contributed by atoms with van der Waals surface area (Å²) in [6.07, 6.45) is 2.06. The van der Waals surface area contributed by atoms with Crippen LogP contribution in [0.5, 0.6) is 0 Å². The molecule has 0 atom stereocenters.